The fraction of sp³-hybridized carbons (Fsp3) is 1.00. The van der Waals surface area contributed by atoms with E-state index in [1.807, 2.05) is 6.92 Å². The molecule has 1 unspecified atom stereocenters. The second kappa shape index (κ2) is 5.72. The van der Waals surface area contributed by atoms with Gasteiger partial charge in [0.15, 0.2) is 0 Å². The van der Waals surface area contributed by atoms with Crippen LogP contribution in [0.4, 0.5) is 8.78 Å². The normalized spacial score (nSPS) is 14.8. The van der Waals surface area contributed by atoms with Gasteiger partial charge in [-0.1, -0.05) is 6.92 Å². The molecule has 0 amide bonds. The topological polar surface area (TPSA) is 46.2 Å². The van der Waals surface area contributed by atoms with Gasteiger partial charge in [0.1, 0.15) is 0 Å². The summed E-state index contributed by atoms with van der Waals surface area (Å²) in [6, 6.07) is 0. The van der Waals surface area contributed by atoms with Crippen molar-refractivity contribution in [1.29, 1.82) is 0 Å². The number of alkyl halides is 3. The van der Waals surface area contributed by atoms with Crippen molar-refractivity contribution in [3.8, 4) is 0 Å². The molecule has 80 valence electrons. The highest BCUT2D eigenvalue weighted by molar-refractivity contribution is 7.89. The molecule has 13 heavy (non-hydrogen) atoms. The summed E-state index contributed by atoms with van der Waals surface area (Å²) in [6.07, 6.45) is 1.03. The van der Waals surface area contributed by atoms with Crippen LogP contribution in [0.5, 0.6) is 0 Å². The van der Waals surface area contributed by atoms with Gasteiger partial charge in [-0.05, 0) is 12.8 Å². The van der Waals surface area contributed by atoms with Crippen LogP contribution >= 0.6 is 11.6 Å². The van der Waals surface area contributed by atoms with Crippen LogP contribution in [-0.2, 0) is 10.0 Å². The van der Waals surface area contributed by atoms with Crippen molar-refractivity contribution in [2.75, 3.05) is 6.54 Å². The third-order valence-corrected chi connectivity index (χ3v) is 3.04. The van der Waals surface area contributed by atoms with Gasteiger partial charge in [-0.2, -0.15) is 8.78 Å². The lowest BCUT2D eigenvalue weighted by Crippen LogP contribution is -2.31. The number of sulfonamides is 1. The van der Waals surface area contributed by atoms with E-state index in [0.29, 0.717) is 12.8 Å². The molecule has 7 heteroatoms. The van der Waals surface area contributed by atoms with Crippen LogP contribution in [0.15, 0.2) is 0 Å². The molecular weight excluding hydrogens is 224 g/mol. The summed E-state index contributed by atoms with van der Waals surface area (Å²) in [5, 5.41) is -0.180. The Bertz CT molecular complexity index is 233. The summed E-state index contributed by atoms with van der Waals surface area (Å²) in [4.78, 5) is 0. The van der Waals surface area contributed by atoms with Crippen LogP contribution < -0.4 is 4.72 Å². The minimum atomic E-state index is -4.44. The molecule has 0 aromatic rings. The molecule has 0 fully saturated rings. The maximum atomic E-state index is 11.7. The molecule has 0 rings (SSSR count). The van der Waals surface area contributed by atoms with E-state index in [9.17, 15) is 17.2 Å². The first-order valence-electron chi connectivity index (χ1n) is 3.80. The van der Waals surface area contributed by atoms with E-state index in [1.165, 1.54) is 0 Å². The summed E-state index contributed by atoms with van der Waals surface area (Å²) < 4.78 is 46.2. The van der Waals surface area contributed by atoms with Crippen LogP contribution in [0.3, 0.4) is 0 Å². The molecule has 1 atom stereocenters. The van der Waals surface area contributed by atoms with Crippen LogP contribution in [-0.4, -0.2) is 26.1 Å². The molecule has 0 saturated carbocycles. The first kappa shape index (κ1) is 13.1. The van der Waals surface area contributed by atoms with Gasteiger partial charge in [-0.15, -0.1) is 11.6 Å². The highest BCUT2D eigenvalue weighted by atomic mass is 35.5. The van der Waals surface area contributed by atoms with Crippen LogP contribution in [0.1, 0.15) is 19.8 Å². The minimum absolute atomic E-state index is 0.0469. The second-order valence-corrected chi connectivity index (χ2v) is 4.85. The van der Waals surface area contributed by atoms with Gasteiger partial charge in [-0.3, -0.25) is 0 Å². The SMILES string of the molecule is CCC(Cl)CCNS(=O)(=O)C(F)F. The Morgan fingerprint density at radius 1 is 1.46 bits per heavy atom. The number of hydrogen-bond donors (Lipinski definition) is 1. The Balaban J connectivity index is 3.78. The van der Waals surface area contributed by atoms with Crippen LogP contribution in [0.25, 0.3) is 0 Å². The second-order valence-electron chi connectivity index (χ2n) is 2.49. The van der Waals surface area contributed by atoms with E-state index in [1.54, 1.807) is 4.72 Å². The van der Waals surface area contributed by atoms with E-state index >= 15 is 0 Å². The van der Waals surface area contributed by atoms with Crippen molar-refractivity contribution in [3.63, 3.8) is 0 Å². The molecule has 0 aromatic carbocycles. The van der Waals surface area contributed by atoms with E-state index < -0.39 is 15.8 Å². The highest BCUT2D eigenvalue weighted by Crippen LogP contribution is 2.06. The fourth-order valence-corrected chi connectivity index (χ4v) is 1.26. The van der Waals surface area contributed by atoms with Crippen LogP contribution in [0.2, 0.25) is 0 Å². The molecule has 0 spiro atoms. The average Bonchev–Trinajstić information content (AvgIpc) is 2.03. The zero-order valence-corrected chi connectivity index (χ0v) is 8.71. The van der Waals surface area contributed by atoms with E-state index in [2.05, 4.69) is 0 Å². The van der Waals surface area contributed by atoms with Gasteiger partial charge in [0.2, 0.25) is 0 Å². The van der Waals surface area contributed by atoms with Crippen molar-refractivity contribution < 1.29 is 17.2 Å². The lowest BCUT2D eigenvalue weighted by molar-refractivity contribution is 0.232. The molecular formula is C6H12ClF2NO2S. The molecule has 3 nitrogen and oxygen atoms in total. The predicted octanol–water partition coefficient (Wildman–Crippen LogP) is 1.54. The Morgan fingerprint density at radius 2 is 2.00 bits per heavy atom. The van der Waals surface area contributed by atoms with Gasteiger partial charge >= 0.3 is 5.76 Å². The third-order valence-electron chi connectivity index (χ3n) is 1.44. The number of hydrogen-bond acceptors (Lipinski definition) is 2. The average molecular weight is 236 g/mol. The Hall–Kier alpha value is 0.0600. The predicted molar refractivity (Wildman–Crippen MR) is 47.5 cm³/mol. The first-order valence-corrected chi connectivity index (χ1v) is 5.79. The summed E-state index contributed by atoms with van der Waals surface area (Å²) >= 11 is 5.65. The lowest BCUT2D eigenvalue weighted by atomic mass is 10.2. The third kappa shape index (κ3) is 5.38. The van der Waals surface area contributed by atoms with Gasteiger partial charge in [0.05, 0.1) is 0 Å². The van der Waals surface area contributed by atoms with Gasteiger partial charge < -0.3 is 0 Å². The number of halogens is 3. The number of nitrogens with one attached hydrogen (secondary N) is 1. The van der Waals surface area contributed by atoms with Crippen LogP contribution in [0, 0.1) is 0 Å². The summed E-state index contributed by atoms with van der Waals surface area (Å²) in [5.74, 6) is -3.37. The number of rotatable bonds is 6. The molecule has 0 aliphatic carbocycles. The van der Waals surface area contributed by atoms with E-state index in [0.717, 1.165) is 0 Å². The smallest absolute Gasteiger partial charge is 0.210 e. The minimum Gasteiger partial charge on any atom is -0.210 e. The summed E-state index contributed by atoms with van der Waals surface area (Å²) in [6.45, 7) is 1.79. The molecule has 0 aliphatic heterocycles. The standard InChI is InChI=1S/C6H12ClF2NO2S/c1-2-5(7)3-4-10-13(11,12)6(8)9/h5-6,10H,2-4H2,1H3. The Labute approximate surface area is 81.5 Å². The van der Waals surface area contributed by atoms with Crippen molar-refractivity contribution in [2.45, 2.75) is 30.9 Å². The highest BCUT2D eigenvalue weighted by Gasteiger charge is 2.22. The van der Waals surface area contributed by atoms with Gasteiger partial charge in [-0.25, -0.2) is 13.1 Å². The van der Waals surface area contributed by atoms with Crippen molar-refractivity contribution in [3.05, 3.63) is 0 Å². The molecule has 1 N–H and O–H groups in total. The summed E-state index contributed by atoms with van der Waals surface area (Å²) in [7, 11) is -4.44. The fourth-order valence-electron chi connectivity index (χ4n) is 0.625. The molecule has 0 aliphatic rings. The largest absolute Gasteiger partial charge is 0.350 e. The monoisotopic (exact) mass is 235 g/mol. The zero-order chi connectivity index (χ0) is 10.5. The van der Waals surface area contributed by atoms with Crippen molar-refractivity contribution in [2.24, 2.45) is 0 Å². The van der Waals surface area contributed by atoms with E-state index in [4.69, 9.17) is 11.6 Å². The van der Waals surface area contributed by atoms with Gasteiger partial charge in [0, 0.05) is 11.9 Å². The van der Waals surface area contributed by atoms with Crippen molar-refractivity contribution >= 4 is 21.6 Å². The molecule has 0 aromatic heterocycles. The maximum absolute atomic E-state index is 11.7. The molecule has 0 bridgehead atoms. The zero-order valence-electron chi connectivity index (χ0n) is 7.13. The maximum Gasteiger partial charge on any atom is 0.350 e. The Morgan fingerprint density at radius 3 is 2.38 bits per heavy atom. The quantitative estimate of drug-likeness (QED) is 0.710. The Kier molecular flexibility index (Phi) is 5.75. The first-order chi connectivity index (χ1) is 5.90. The van der Waals surface area contributed by atoms with Gasteiger partial charge in [0.25, 0.3) is 10.0 Å². The van der Waals surface area contributed by atoms with Crippen molar-refractivity contribution in [1.82, 2.24) is 4.72 Å². The van der Waals surface area contributed by atoms with E-state index in [-0.39, 0.29) is 11.9 Å². The summed E-state index contributed by atoms with van der Waals surface area (Å²) in [5.41, 5.74) is 0. The molecule has 0 radical (unpaired) electrons. The molecule has 0 saturated heterocycles. The molecule has 0 heterocycles. The lowest BCUT2D eigenvalue weighted by Gasteiger charge is -2.07.